The maximum Gasteiger partial charge on any atom is 0.121 e. The highest BCUT2D eigenvalue weighted by Gasteiger charge is 2.09. The summed E-state index contributed by atoms with van der Waals surface area (Å²) in [4.78, 5) is 0. The Morgan fingerprint density at radius 2 is 1.48 bits per heavy atom. The van der Waals surface area contributed by atoms with Crippen molar-refractivity contribution in [3.8, 4) is 5.75 Å². The van der Waals surface area contributed by atoms with Gasteiger partial charge in [-0.1, -0.05) is 30.3 Å². The Morgan fingerprint density at radius 3 is 2.17 bits per heavy atom. The molecule has 0 heterocycles. The van der Waals surface area contributed by atoms with Gasteiger partial charge in [0.15, 0.2) is 0 Å². The van der Waals surface area contributed by atoms with Crippen LogP contribution in [0.15, 0.2) is 66.7 Å². The number of anilines is 2. The van der Waals surface area contributed by atoms with Gasteiger partial charge in [-0.25, -0.2) is 0 Å². The molecule has 0 fully saturated rings. The van der Waals surface area contributed by atoms with Crippen LogP contribution in [-0.2, 0) is 0 Å². The van der Waals surface area contributed by atoms with Crippen molar-refractivity contribution in [2.75, 3.05) is 5.32 Å². The second-order valence-electron chi connectivity index (χ2n) is 5.77. The summed E-state index contributed by atoms with van der Waals surface area (Å²) < 4.78 is 5.66. The number of hydrogen-bond acceptors (Lipinski definition) is 3. The molecular weight excluding hydrogens is 286 g/mol. The van der Waals surface area contributed by atoms with Crippen molar-refractivity contribution in [3.05, 3.63) is 66.7 Å². The van der Waals surface area contributed by atoms with Crippen LogP contribution >= 0.6 is 0 Å². The molecule has 3 heteroatoms. The van der Waals surface area contributed by atoms with Gasteiger partial charge < -0.3 is 15.2 Å². The molecule has 2 unspecified atom stereocenters. The second kappa shape index (κ2) is 6.71. The predicted octanol–water partition coefficient (Wildman–Crippen LogP) is 4.73. The number of fused-ring (bicyclic) bond motifs is 1. The van der Waals surface area contributed by atoms with E-state index < -0.39 is 6.10 Å². The molecular formula is C20H21NO2. The van der Waals surface area contributed by atoms with Crippen molar-refractivity contribution in [1.82, 2.24) is 0 Å². The van der Waals surface area contributed by atoms with Gasteiger partial charge >= 0.3 is 0 Å². The number of rotatable bonds is 5. The Morgan fingerprint density at radius 1 is 0.826 bits per heavy atom. The third kappa shape index (κ3) is 3.82. The Hall–Kier alpha value is -2.52. The molecule has 3 aromatic rings. The van der Waals surface area contributed by atoms with Crippen LogP contribution in [0.25, 0.3) is 10.8 Å². The van der Waals surface area contributed by atoms with Crippen molar-refractivity contribution in [2.24, 2.45) is 0 Å². The number of aliphatic hydroxyl groups is 1. The SMILES string of the molecule is CC(O)C(C)Oc1ccc(Nc2ccc3ccccc3c2)cc1. The molecule has 0 saturated heterocycles. The highest BCUT2D eigenvalue weighted by atomic mass is 16.5. The summed E-state index contributed by atoms with van der Waals surface area (Å²) in [6, 6.07) is 22.4. The van der Waals surface area contributed by atoms with Crippen LogP contribution in [0.3, 0.4) is 0 Å². The van der Waals surface area contributed by atoms with Crippen molar-refractivity contribution in [2.45, 2.75) is 26.1 Å². The van der Waals surface area contributed by atoms with Gasteiger partial charge in [-0.05, 0) is 61.0 Å². The van der Waals surface area contributed by atoms with Crippen LogP contribution in [0.5, 0.6) is 5.75 Å². The quantitative estimate of drug-likeness (QED) is 0.716. The summed E-state index contributed by atoms with van der Waals surface area (Å²) in [5.41, 5.74) is 2.05. The first-order chi connectivity index (χ1) is 11.1. The summed E-state index contributed by atoms with van der Waals surface area (Å²) in [6.07, 6.45) is -0.723. The predicted molar refractivity (Wildman–Crippen MR) is 95.4 cm³/mol. The molecule has 0 spiro atoms. The smallest absolute Gasteiger partial charge is 0.121 e. The number of ether oxygens (including phenoxy) is 1. The van der Waals surface area contributed by atoms with Crippen LogP contribution < -0.4 is 10.1 Å². The molecule has 3 rings (SSSR count). The molecule has 2 N–H and O–H groups in total. The molecule has 0 aliphatic heterocycles. The second-order valence-corrected chi connectivity index (χ2v) is 5.77. The zero-order valence-corrected chi connectivity index (χ0v) is 13.4. The van der Waals surface area contributed by atoms with Crippen molar-refractivity contribution in [3.63, 3.8) is 0 Å². The van der Waals surface area contributed by atoms with E-state index in [0.717, 1.165) is 17.1 Å². The maximum absolute atomic E-state index is 9.48. The van der Waals surface area contributed by atoms with Gasteiger partial charge in [0.25, 0.3) is 0 Å². The molecule has 0 aliphatic rings. The van der Waals surface area contributed by atoms with Crippen molar-refractivity contribution in [1.29, 1.82) is 0 Å². The summed E-state index contributed by atoms with van der Waals surface area (Å²) in [5, 5.41) is 15.3. The number of nitrogens with one attached hydrogen (secondary N) is 1. The molecule has 0 aliphatic carbocycles. The van der Waals surface area contributed by atoms with E-state index in [-0.39, 0.29) is 6.10 Å². The van der Waals surface area contributed by atoms with E-state index in [2.05, 4.69) is 35.6 Å². The molecule has 118 valence electrons. The summed E-state index contributed by atoms with van der Waals surface area (Å²) in [7, 11) is 0. The fraction of sp³-hybridized carbons (Fsp3) is 0.200. The van der Waals surface area contributed by atoms with Gasteiger partial charge in [-0.15, -0.1) is 0 Å². The molecule has 0 saturated carbocycles. The largest absolute Gasteiger partial charge is 0.488 e. The summed E-state index contributed by atoms with van der Waals surface area (Å²) in [6.45, 7) is 3.58. The van der Waals surface area contributed by atoms with E-state index in [0.29, 0.717) is 0 Å². The monoisotopic (exact) mass is 307 g/mol. The first kappa shape index (κ1) is 15.4. The Kier molecular flexibility index (Phi) is 4.49. The van der Waals surface area contributed by atoms with Crippen LogP contribution in [0.1, 0.15) is 13.8 Å². The zero-order valence-electron chi connectivity index (χ0n) is 13.4. The van der Waals surface area contributed by atoms with Gasteiger partial charge in [0.2, 0.25) is 0 Å². The van der Waals surface area contributed by atoms with E-state index in [1.165, 1.54) is 10.8 Å². The van der Waals surface area contributed by atoms with E-state index >= 15 is 0 Å². The zero-order chi connectivity index (χ0) is 16.2. The minimum atomic E-state index is -0.495. The Labute approximate surface area is 136 Å². The van der Waals surface area contributed by atoms with Gasteiger partial charge in [-0.2, -0.15) is 0 Å². The number of hydrogen-bond donors (Lipinski definition) is 2. The lowest BCUT2D eigenvalue weighted by Crippen LogP contribution is -2.25. The van der Waals surface area contributed by atoms with Crippen LogP contribution in [0, 0.1) is 0 Å². The Balaban J connectivity index is 1.72. The van der Waals surface area contributed by atoms with E-state index in [1.54, 1.807) is 6.92 Å². The third-order valence-electron chi connectivity index (χ3n) is 3.89. The van der Waals surface area contributed by atoms with Gasteiger partial charge in [0.05, 0.1) is 6.10 Å². The fourth-order valence-corrected chi connectivity index (χ4v) is 2.36. The van der Waals surface area contributed by atoms with Crippen LogP contribution in [-0.4, -0.2) is 17.3 Å². The summed E-state index contributed by atoms with van der Waals surface area (Å²) in [5.74, 6) is 0.752. The first-order valence-electron chi connectivity index (χ1n) is 7.82. The first-order valence-corrected chi connectivity index (χ1v) is 7.82. The minimum Gasteiger partial charge on any atom is -0.488 e. The number of benzene rings is 3. The summed E-state index contributed by atoms with van der Waals surface area (Å²) >= 11 is 0. The average molecular weight is 307 g/mol. The molecule has 3 aromatic carbocycles. The topological polar surface area (TPSA) is 41.5 Å². The standard InChI is InChI=1S/C20H21NO2/c1-14(22)15(2)23-20-11-9-18(10-12-20)21-19-8-7-16-5-3-4-6-17(16)13-19/h3-15,21-22H,1-2H3. The van der Waals surface area contributed by atoms with Crippen LogP contribution in [0.2, 0.25) is 0 Å². The lowest BCUT2D eigenvalue weighted by Gasteiger charge is -2.17. The van der Waals surface area contributed by atoms with Gasteiger partial charge in [-0.3, -0.25) is 0 Å². The highest BCUT2D eigenvalue weighted by molar-refractivity contribution is 5.86. The van der Waals surface area contributed by atoms with E-state index in [9.17, 15) is 5.11 Å². The molecule has 3 nitrogen and oxygen atoms in total. The number of aliphatic hydroxyl groups excluding tert-OH is 1. The lowest BCUT2D eigenvalue weighted by molar-refractivity contribution is 0.0604. The van der Waals surface area contributed by atoms with Crippen molar-refractivity contribution >= 4 is 22.1 Å². The molecule has 23 heavy (non-hydrogen) atoms. The highest BCUT2D eigenvalue weighted by Crippen LogP contribution is 2.24. The third-order valence-corrected chi connectivity index (χ3v) is 3.89. The molecule has 0 aromatic heterocycles. The average Bonchev–Trinajstić information content (AvgIpc) is 2.56. The fourth-order valence-electron chi connectivity index (χ4n) is 2.36. The van der Waals surface area contributed by atoms with E-state index in [1.807, 2.05) is 43.3 Å². The van der Waals surface area contributed by atoms with Gasteiger partial charge in [0, 0.05) is 11.4 Å². The van der Waals surface area contributed by atoms with Crippen LogP contribution in [0.4, 0.5) is 11.4 Å². The molecule has 0 bridgehead atoms. The van der Waals surface area contributed by atoms with Gasteiger partial charge in [0.1, 0.15) is 11.9 Å². The van der Waals surface area contributed by atoms with E-state index in [4.69, 9.17) is 4.74 Å². The molecule has 0 amide bonds. The minimum absolute atomic E-state index is 0.228. The van der Waals surface area contributed by atoms with Crippen molar-refractivity contribution < 1.29 is 9.84 Å². The maximum atomic E-state index is 9.48. The normalized spacial score (nSPS) is 13.5. The lowest BCUT2D eigenvalue weighted by atomic mass is 10.1. The molecule has 2 atom stereocenters. The Bertz CT molecular complexity index is 781. The molecule has 0 radical (unpaired) electrons.